The van der Waals surface area contributed by atoms with Gasteiger partial charge in [0, 0.05) is 23.2 Å². The van der Waals surface area contributed by atoms with E-state index in [-0.39, 0.29) is 13.2 Å². The summed E-state index contributed by atoms with van der Waals surface area (Å²) in [5, 5.41) is 0. The maximum atomic E-state index is 9.86. The second-order valence-corrected chi connectivity index (χ2v) is 7.93. The van der Waals surface area contributed by atoms with Gasteiger partial charge in [0.05, 0.1) is 0 Å². The Morgan fingerprint density at radius 2 is 0.944 bits per heavy atom. The Balaban J connectivity index is 0. The Kier molecular flexibility index (Phi) is 12.0. The molecule has 0 bridgehead atoms. The fraction of sp³-hybridized carbons (Fsp3) is 0.667. The highest BCUT2D eigenvalue weighted by atomic mass is 35.6. The zero-order valence-electron chi connectivity index (χ0n) is 8.07. The van der Waals surface area contributed by atoms with Gasteiger partial charge in [-0.05, 0) is 0 Å². The summed E-state index contributed by atoms with van der Waals surface area (Å²) in [4.78, 5) is 19.7. The Labute approximate surface area is 143 Å². The van der Waals surface area contributed by atoms with Crippen molar-refractivity contribution in [3.8, 4) is 0 Å². The van der Waals surface area contributed by atoms with E-state index in [1.54, 1.807) is 0 Å². The summed E-state index contributed by atoms with van der Waals surface area (Å²) in [6, 6.07) is 0. The molecule has 0 saturated heterocycles. The van der Waals surface area contributed by atoms with E-state index in [0.717, 1.165) is 0 Å². The van der Waals surface area contributed by atoms with Crippen molar-refractivity contribution in [1.82, 2.24) is 0 Å². The first-order chi connectivity index (χ1) is 7.83. The predicted molar refractivity (Wildman–Crippen MR) is 75.0 cm³/mol. The van der Waals surface area contributed by atoms with E-state index >= 15 is 0 Å². The molecule has 0 unspecified atom stereocenters. The van der Waals surface area contributed by atoms with Crippen LogP contribution in [0.3, 0.4) is 0 Å². The summed E-state index contributed by atoms with van der Waals surface area (Å²) in [5.74, 6) is 0. The molecule has 0 rings (SSSR count). The van der Waals surface area contributed by atoms with Gasteiger partial charge in [0.1, 0.15) is 13.2 Å². The first kappa shape index (κ1) is 21.6. The molecule has 0 aromatic heterocycles. The number of ether oxygens (including phenoxy) is 2. The van der Waals surface area contributed by atoms with Gasteiger partial charge < -0.3 is 9.47 Å². The third kappa shape index (κ3) is 26.0. The van der Waals surface area contributed by atoms with E-state index in [0.29, 0.717) is 0 Å². The van der Waals surface area contributed by atoms with Gasteiger partial charge in [-0.15, -0.1) is 0 Å². The van der Waals surface area contributed by atoms with E-state index in [1.807, 2.05) is 0 Å². The number of hydrogen-bond donors (Lipinski definition) is 0. The van der Waals surface area contributed by atoms with Crippen molar-refractivity contribution in [2.45, 2.75) is 7.59 Å². The molecule has 108 valence electrons. The van der Waals surface area contributed by atoms with Crippen LogP contribution in [0.2, 0.25) is 0 Å². The fourth-order valence-electron chi connectivity index (χ4n) is 0.277. The maximum Gasteiger partial charge on any atom is 0.403 e. The van der Waals surface area contributed by atoms with Crippen LogP contribution in [0, 0.1) is 0 Å². The number of carbonyl (C=O) groups is 2. The molecule has 0 radical (unpaired) electrons. The van der Waals surface area contributed by atoms with Crippen LogP contribution in [-0.4, -0.2) is 31.7 Å². The molecule has 0 N–H and O–H groups in total. The van der Waals surface area contributed by atoms with Gasteiger partial charge in [0.15, 0.2) is 0 Å². The van der Waals surface area contributed by atoms with Gasteiger partial charge in [-0.1, -0.05) is 69.6 Å². The first-order valence-corrected chi connectivity index (χ1v) is 6.64. The molecule has 0 saturated carbocycles. The molecule has 0 aliphatic carbocycles. The lowest BCUT2D eigenvalue weighted by atomic mass is 10.8. The molecule has 0 heterocycles. The molecule has 0 fully saturated rings. The topological polar surface area (TPSA) is 52.6 Å². The Morgan fingerprint density at radius 1 is 0.722 bits per heavy atom. The summed E-state index contributed by atoms with van der Waals surface area (Å²) < 4.78 is 5.12. The third-order valence-corrected chi connectivity index (χ3v) is 1.57. The molecule has 0 aromatic rings. The molecule has 0 aromatic carbocycles. The number of halogens is 8. The number of rotatable bonds is 2. The normalized spacial score (nSPS) is 11.1. The van der Waals surface area contributed by atoms with E-state index in [9.17, 15) is 9.59 Å². The Bertz CT molecular complexity index is 242. The number of hydrogen-bond acceptors (Lipinski definition) is 4. The quantitative estimate of drug-likeness (QED) is 0.437. The molecule has 18 heavy (non-hydrogen) atoms. The molecular formula is C6H4Cl8O4. The molecule has 0 amide bonds. The molecule has 4 nitrogen and oxygen atoms in total. The van der Waals surface area contributed by atoms with Gasteiger partial charge in [0.25, 0.3) is 0 Å². The largest absolute Gasteiger partial charge is 0.449 e. The average Bonchev–Trinajstić information content (AvgIpc) is 2.10. The lowest BCUT2D eigenvalue weighted by Gasteiger charge is -2.07. The van der Waals surface area contributed by atoms with Crippen LogP contribution >= 0.6 is 92.8 Å². The zero-order chi connectivity index (χ0) is 15.0. The smallest absolute Gasteiger partial charge is 0.403 e. The summed E-state index contributed by atoms with van der Waals surface area (Å²) in [6.07, 6.45) is 0. The Morgan fingerprint density at radius 3 is 1.00 bits per heavy atom. The van der Waals surface area contributed by atoms with Crippen molar-refractivity contribution < 1.29 is 19.1 Å². The molecular weight excluding hydrogens is 420 g/mol. The maximum absolute atomic E-state index is 9.86. The average molecular weight is 424 g/mol. The predicted octanol–water partition coefficient (Wildman–Crippen LogP) is 5.46. The van der Waals surface area contributed by atoms with E-state index in [4.69, 9.17) is 92.8 Å². The highest BCUT2D eigenvalue weighted by Crippen LogP contribution is 2.26. The highest BCUT2D eigenvalue weighted by molar-refractivity contribution is 6.68. The lowest BCUT2D eigenvalue weighted by molar-refractivity contribution is 0.175. The first-order valence-electron chi connectivity index (χ1n) is 3.61. The second kappa shape index (κ2) is 10.1. The number of carbonyl (C=O) groups excluding carboxylic acids is 2. The molecule has 0 aliphatic rings. The van der Waals surface area contributed by atoms with Gasteiger partial charge in [-0.3, -0.25) is 0 Å². The second-order valence-electron chi connectivity index (χ2n) is 2.28. The summed E-state index contributed by atoms with van der Waals surface area (Å²) >= 11 is 40.5. The highest BCUT2D eigenvalue weighted by Gasteiger charge is 2.21. The van der Waals surface area contributed by atoms with E-state index in [2.05, 4.69) is 9.47 Å². The molecule has 0 atom stereocenters. The summed E-state index contributed by atoms with van der Waals surface area (Å²) in [7, 11) is 0. The van der Waals surface area contributed by atoms with E-state index < -0.39 is 18.4 Å². The van der Waals surface area contributed by atoms with Crippen molar-refractivity contribution in [3.63, 3.8) is 0 Å². The SMILES string of the molecule is O=C(Cl)OCC(Cl)(Cl)Cl.O=C(Cl)OCC(Cl)(Cl)Cl. The van der Waals surface area contributed by atoms with Gasteiger partial charge in [-0.25, -0.2) is 9.59 Å². The van der Waals surface area contributed by atoms with Crippen LogP contribution in [0.1, 0.15) is 0 Å². The van der Waals surface area contributed by atoms with Crippen molar-refractivity contribution in [2.75, 3.05) is 13.2 Å². The molecule has 0 spiro atoms. The Hall–Kier alpha value is 1.26. The minimum atomic E-state index is -1.58. The van der Waals surface area contributed by atoms with Crippen molar-refractivity contribution in [3.05, 3.63) is 0 Å². The zero-order valence-corrected chi connectivity index (χ0v) is 14.1. The van der Waals surface area contributed by atoms with E-state index in [1.165, 1.54) is 0 Å². The van der Waals surface area contributed by atoms with Crippen molar-refractivity contribution in [2.24, 2.45) is 0 Å². The standard InChI is InChI=1S/2C3H2Cl4O2/c2*4-2(8)9-1-3(5,6)7/h2*1H2. The van der Waals surface area contributed by atoms with Crippen molar-refractivity contribution >= 4 is 104 Å². The van der Waals surface area contributed by atoms with Crippen LogP contribution in [0.5, 0.6) is 0 Å². The third-order valence-electron chi connectivity index (χ3n) is 0.699. The lowest BCUT2D eigenvalue weighted by Crippen LogP contribution is -2.13. The number of alkyl halides is 6. The minimum absolute atomic E-state index is 0.333. The van der Waals surface area contributed by atoms with Crippen LogP contribution in [0.25, 0.3) is 0 Å². The molecule has 0 aliphatic heterocycles. The monoisotopic (exact) mass is 420 g/mol. The van der Waals surface area contributed by atoms with Gasteiger partial charge in [-0.2, -0.15) is 0 Å². The summed E-state index contributed by atoms with van der Waals surface area (Å²) in [6.45, 7) is -0.667. The van der Waals surface area contributed by atoms with Gasteiger partial charge >= 0.3 is 10.9 Å². The fourth-order valence-corrected chi connectivity index (χ4v) is 0.714. The summed E-state index contributed by atoms with van der Waals surface area (Å²) in [5.41, 5.74) is -1.97. The van der Waals surface area contributed by atoms with Crippen LogP contribution in [-0.2, 0) is 9.47 Å². The van der Waals surface area contributed by atoms with Gasteiger partial charge in [0.2, 0.25) is 7.59 Å². The van der Waals surface area contributed by atoms with Crippen LogP contribution in [0.15, 0.2) is 0 Å². The van der Waals surface area contributed by atoms with Crippen LogP contribution in [0.4, 0.5) is 9.59 Å². The van der Waals surface area contributed by atoms with Crippen LogP contribution < -0.4 is 0 Å². The minimum Gasteiger partial charge on any atom is -0.449 e. The van der Waals surface area contributed by atoms with Crippen molar-refractivity contribution in [1.29, 1.82) is 0 Å². The molecule has 12 heteroatoms.